The number of rotatable bonds is 3. The minimum absolute atomic E-state index is 0.0658. The van der Waals surface area contributed by atoms with Gasteiger partial charge in [-0.2, -0.15) is 8.42 Å². The third kappa shape index (κ3) is 2.86. The first-order valence-corrected chi connectivity index (χ1v) is 8.59. The molecule has 2 aliphatic heterocycles. The smallest absolute Gasteiger partial charge is 0.297 e. The molecule has 0 N–H and O–H groups in total. The van der Waals surface area contributed by atoms with Gasteiger partial charge in [0.15, 0.2) is 0 Å². The Morgan fingerprint density at radius 2 is 1.79 bits per heavy atom. The van der Waals surface area contributed by atoms with Crippen LogP contribution in [0.4, 0.5) is 0 Å². The molecule has 3 rings (SSSR count). The number of halogens is 1. The third-order valence-corrected chi connectivity index (χ3v) is 5.56. The lowest BCUT2D eigenvalue weighted by Gasteiger charge is -2.28. The van der Waals surface area contributed by atoms with Crippen molar-refractivity contribution in [1.82, 2.24) is 0 Å². The highest BCUT2D eigenvalue weighted by molar-refractivity contribution is 9.10. The second-order valence-electron chi connectivity index (χ2n) is 4.99. The van der Waals surface area contributed by atoms with Crippen LogP contribution in [-0.4, -0.2) is 26.7 Å². The van der Waals surface area contributed by atoms with Crippen LogP contribution in [0.2, 0.25) is 0 Å². The van der Waals surface area contributed by atoms with Crippen LogP contribution < -0.4 is 0 Å². The largest absolute Gasteiger partial charge is 0.372 e. The normalized spacial score (nSPS) is 30.5. The van der Waals surface area contributed by atoms with Gasteiger partial charge in [-0.3, -0.25) is 4.18 Å². The van der Waals surface area contributed by atoms with E-state index >= 15 is 0 Å². The minimum atomic E-state index is -3.70. The van der Waals surface area contributed by atoms with Crippen molar-refractivity contribution in [2.24, 2.45) is 0 Å². The fourth-order valence-electron chi connectivity index (χ4n) is 2.68. The Morgan fingerprint density at radius 1 is 1.11 bits per heavy atom. The van der Waals surface area contributed by atoms with Gasteiger partial charge in [0.2, 0.25) is 0 Å². The Morgan fingerprint density at radius 3 is 2.53 bits per heavy atom. The van der Waals surface area contributed by atoms with Gasteiger partial charge in [-0.1, -0.05) is 15.9 Å². The quantitative estimate of drug-likeness (QED) is 0.789. The summed E-state index contributed by atoms with van der Waals surface area (Å²) in [5.41, 5.74) is 0. The van der Waals surface area contributed by atoms with Gasteiger partial charge in [0.1, 0.15) is 6.10 Å². The summed E-state index contributed by atoms with van der Waals surface area (Å²) in [6.07, 6.45) is 3.45. The van der Waals surface area contributed by atoms with Gasteiger partial charge < -0.3 is 4.74 Å². The summed E-state index contributed by atoms with van der Waals surface area (Å²) in [5.74, 6) is 0. The molecule has 104 valence electrons. The van der Waals surface area contributed by atoms with E-state index in [1.807, 2.05) is 0 Å². The summed E-state index contributed by atoms with van der Waals surface area (Å²) < 4.78 is 36.3. The molecule has 2 heterocycles. The van der Waals surface area contributed by atoms with E-state index in [9.17, 15) is 8.42 Å². The summed E-state index contributed by atoms with van der Waals surface area (Å²) in [4.78, 5) is 0.191. The van der Waals surface area contributed by atoms with E-state index in [4.69, 9.17) is 8.92 Å². The Balaban J connectivity index is 1.76. The van der Waals surface area contributed by atoms with Crippen LogP contribution in [0.1, 0.15) is 25.7 Å². The fourth-order valence-corrected chi connectivity index (χ4v) is 4.08. The second kappa shape index (κ2) is 5.16. The van der Waals surface area contributed by atoms with Gasteiger partial charge in [0, 0.05) is 4.47 Å². The highest BCUT2D eigenvalue weighted by Gasteiger charge is 2.39. The lowest BCUT2D eigenvalue weighted by molar-refractivity contribution is -0.0623. The van der Waals surface area contributed by atoms with Crippen LogP contribution in [0.15, 0.2) is 33.6 Å². The lowest BCUT2D eigenvalue weighted by Crippen LogP contribution is -2.35. The zero-order chi connectivity index (χ0) is 13.5. The fraction of sp³-hybridized carbons (Fsp3) is 0.538. The van der Waals surface area contributed by atoms with E-state index in [-0.39, 0.29) is 17.1 Å². The van der Waals surface area contributed by atoms with Crippen molar-refractivity contribution in [1.29, 1.82) is 0 Å². The Bertz CT molecular complexity index is 555. The van der Waals surface area contributed by atoms with Crippen LogP contribution in [0.5, 0.6) is 0 Å². The number of benzene rings is 1. The average molecular weight is 347 g/mol. The molecule has 2 fully saturated rings. The van der Waals surface area contributed by atoms with Gasteiger partial charge in [-0.25, -0.2) is 0 Å². The Kier molecular flexibility index (Phi) is 3.68. The summed E-state index contributed by atoms with van der Waals surface area (Å²) in [7, 11) is -3.70. The van der Waals surface area contributed by atoms with Gasteiger partial charge in [0.05, 0.1) is 17.1 Å². The van der Waals surface area contributed by atoms with Crippen LogP contribution in [0.25, 0.3) is 0 Å². The highest BCUT2D eigenvalue weighted by atomic mass is 79.9. The number of hydrogen-bond donors (Lipinski definition) is 0. The molecular weight excluding hydrogens is 332 g/mol. The molecule has 1 aromatic rings. The molecule has 0 amide bonds. The summed E-state index contributed by atoms with van der Waals surface area (Å²) in [6.45, 7) is 0. The van der Waals surface area contributed by atoms with E-state index in [2.05, 4.69) is 15.9 Å². The molecule has 0 aromatic heterocycles. The zero-order valence-electron chi connectivity index (χ0n) is 10.3. The molecule has 0 spiro atoms. The molecule has 2 aliphatic rings. The van der Waals surface area contributed by atoms with Gasteiger partial charge in [0.25, 0.3) is 10.1 Å². The van der Waals surface area contributed by atoms with Crippen molar-refractivity contribution in [3.8, 4) is 0 Å². The first kappa shape index (κ1) is 13.5. The summed E-state index contributed by atoms with van der Waals surface area (Å²) >= 11 is 3.28. The first-order chi connectivity index (χ1) is 9.04. The number of hydrogen-bond acceptors (Lipinski definition) is 4. The van der Waals surface area contributed by atoms with Crippen molar-refractivity contribution in [2.45, 2.75) is 48.9 Å². The molecular formula is C13H15BrO4S. The monoisotopic (exact) mass is 346 g/mol. The highest BCUT2D eigenvalue weighted by Crippen LogP contribution is 2.35. The molecule has 0 radical (unpaired) electrons. The first-order valence-electron chi connectivity index (χ1n) is 6.39. The van der Waals surface area contributed by atoms with E-state index < -0.39 is 10.1 Å². The van der Waals surface area contributed by atoms with Crippen LogP contribution >= 0.6 is 15.9 Å². The molecule has 19 heavy (non-hydrogen) atoms. The Labute approximate surface area is 121 Å². The van der Waals surface area contributed by atoms with Crippen molar-refractivity contribution >= 4 is 26.0 Å². The number of ether oxygens (including phenoxy) is 1. The summed E-state index contributed by atoms with van der Waals surface area (Å²) in [6, 6.07) is 6.47. The summed E-state index contributed by atoms with van der Waals surface area (Å²) in [5, 5.41) is 0. The van der Waals surface area contributed by atoms with Crippen molar-refractivity contribution in [2.75, 3.05) is 0 Å². The standard InChI is InChI=1S/C13H15BrO4S/c14-9-1-5-11(6-2-9)19(15,16)18-13-8-4-10-3-7-12(13)17-10/h1-2,5-6,10,12-13H,3-4,7-8H2/t10-,12+,13+/m1/s1. The van der Waals surface area contributed by atoms with Gasteiger partial charge in [-0.05, 0) is 49.9 Å². The maximum Gasteiger partial charge on any atom is 0.297 e. The molecule has 0 aliphatic carbocycles. The average Bonchev–Trinajstić information content (AvgIpc) is 2.76. The van der Waals surface area contributed by atoms with Crippen LogP contribution in [0.3, 0.4) is 0 Å². The minimum Gasteiger partial charge on any atom is -0.372 e. The Hall–Kier alpha value is -0.430. The van der Waals surface area contributed by atoms with Crippen molar-refractivity contribution in [3.05, 3.63) is 28.7 Å². The molecule has 0 unspecified atom stereocenters. The predicted octanol–water partition coefficient (Wildman–Crippen LogP) is 2.86. The van der Waals surface area contributed by atoms with E-state index in [0.29, 0.717) is 6.10 Å². The number of fused-ring (bicyclic) bond motifs is 2. The van der Waals surface area contributed by atoms with Gasteiger partial charge >= 0.3 is 0 Å². The maximum absolute atomic E-state index is 12.2. The molecule has 4 nitrogen and oxygen atoms in total. The third-order valence-electron chi connectivity index (χ3n) is 3.68. The second-order valence-corrected chi connectivity index (χ2v) is 7.48. The van der Waals surface area contributed by atoms with E-state index in [0.717, 1.165) is 30.2 Å². The molecule has 3 atom stereocenters. The SMILES string of the molecule is O=S(=O)(O[C@H]1CC[C@H]2CC[C@@H]1O2)c1ccc(Br)cc1. The topological polar surface area (TPSA) is 52.6 Å². The van der Waals surface area contributed by atoms with Gasteiger partial charge in [-0.15, -0.1) is 0 Å². The van der Waals surface area contributed by atoms with Crippen LogP contribution in [0, 0.1) is 0 Å². The maximum atomic E-state index is 12.2. The van der Waals surface area contributed by atoms with E-state index in [1.165, 1.54) is 0 Å². The molecule has 0 saturated carbocycles. The predicted molar refractivity (Wildman–Crippen MR) is 73.3 cm³/mol. The lowest BCUT2D eigenvalue weighted by atomic mass is 10.1. The molecule has 2 bridgehead atoms. The van der Waals surface area contributed by atoms with E-state index in [1.54, 1.807) is 24.3 Å². The van der Waals surface area contributed by atoms with Crippen molar-refractivity contribution < 1.29 is 17.3 Å². The molecule has 6 heteroatoms. The molecule has 1 aromatic carbocycles. The van der Waals surface area contributed by atoms with Crippen molar-refractivity contribution in [3.63, 3.8) is 0 Å². The van der Waals surface area contributed by atoms with Crippen LogP contribution in [-0.2, 0) is 19.0 Å². The zero-order valence-corrected chi connectivity index (χ0v) is 12.7. The molecule has 2 saturated heterocycles.